The number of fused-ring (bicyclic) bond motifs is 1. The second-order valence-electron chi connectivity index (χ2n) is 9.62. The molecule has 1 aliphatic heterocycles. The maximum Gasteiger partial charge on any atom is 0.349 e. The first-order valence-corrected chi connectivity index (χ1v) is 12.9. The summed E-state index contributed by atoms with van der Waals surface area (Å²) in [5.74, 6) is 0.302. The van der Waals surface area contributed by atoms with Crippen LogP contribution in [0, 0.1) is 31.0 Å². The fourth-order valence-corrected chi connectivity index (χ4v) is 4.48. The summed E-state index contributed by atoms with van der Waals surface area (Å²) in [7, 11) is 0. The normalized spacial score (nSPS) is 14.0. The van der Waals surface area contributed by atoms with Gasteiger partial charge in [-0.15, -0.1) is 0 Å². The van der Waals surface area contributed by atoms with E-state index in [-0.39, 0.29) is 36.2 Å². The van der Waals surface area contributed by atoms with E-state index in [9.17, 15) is 14.4 Å². The average molecular weight is 551 g/mol. The minimum absolute atomic E-state index is 0.0378. The second-order valence-corrected chi connectivity index (χ2v) is 9.62. The van der Waals surface area contributed by atoms with Crippen molar-refractivity contribution in [1.82, 2.24) is 0 Å². The lowest BCUT2D eigenvalue weighted by Crippen LogP contribution is -2.21. The van der Waals surface area contributed by atoms with Gasteiger partial charge >= 0.3 is 5.97 Å². The SMILES string of the molecule is Cc1ccc(OCC(=O)Oc2ccc3c(c2)OC(N)=C(C#N)C3c2cccc(OCc3ccc(F)cc3)c2)cc1C. The van der Waals surface area contributed by atoms with Crippen LogP contribution >= 0.6 is 0 Å². The minimum Gasteiger partial charge on any atom is -0.489 e. The molecule has 5 rings (SSSR count). The number of esters is 1. The zero-order valence-corrected chi connectivity index (χ0v) is 22.5. The first kappa shape index (κ1) is 27.3. The standard InChI is InChI=1S/C33H27FN2O5/c1-20-6-11-26(14-21(20)2)39-19-31(37)40-27-12-13-28-30(16-27)41-33(36)29(17-35)32(28)23-4-3-5-25(15-23)38-18-22-7-9-24(34)10-8-22/h3-16,32H,18-19,36H2,1-2H3. The van der Waals surface area contributed by atoms with E-state index in [0.29, 0.717) is 22.8 Å². The van der Waals surface area contributed by atoms with Crippen molar-refractivity contribution >= 4 is 5.97 Å². The quantitative estimate of drug-likeness (QED) is 0.205. The summed E-state index contributed by atoms with van der Waals surface area (Å²) in [6, 6.07) is 26.1. The summed E-state index contributed by atoms with van der Waals surface area (Å²) in [5.41, 5.74) is 10.8. The molecule has 0 aliphatic carbocycles. The topological polar surface area (TPSA) is 104 Å². The Labute approximate surface area is 237 Å². The van der Waals surface area contributed by atoms with Crippen LogP contribution in [0.2, 0.25) is 0 Å². The Balaban J connectivity index is 1.33. The molecule has 0 bridgehead atoms. The highest BCUT2D eigenvalue weighted by atomic mass is 19.1. The maximum atomic E-state index is 13.2. The molecule has 8 heteroatoms. The number of ether oxygens (including phenoxy) is 4. The van der Waals surface area contributed by atoms with Crippen molar-refractivity contribution in [1.29, 1.82) is 5.26 Å². The molecule has 1 heterocycles. The summed E-state index contributed by atoms with van der Waals surface area (Å²) < 4.78 is 36.0. The molecule has 0 saturated carbocycles. The molecular weight excluding hydrogens is 523 g/mol. The average Bonchev–Trinajstić information content (AvgIpc) is 2.97. The third-order valence-electron chi connectivity index (χ3n) is 6.77. The first-order chi connectivity index (χ1) is 19.8. The lowest BCUT2D eigenvalue weighted by Gasteiger charge is -2.27. The Bertz CT molecular complexity index is 1670. The Morgan fingerprint density at radius 2 is 1.68 bits per heavy atom. The fourth-order valence-electron chi connectivity index (χ4n) is 4.48. The van der Waals surface area contributed by atoms with Crippen molar-refractivity contribution in [3.8, 4) is 29.1 Å². The van der Waals surface area contributed by atoms with Crippen molar-refractivity contribution in [3.05, 3.63) is 130 Å². The van der Waals surface area contributed by atoms with Gasteiger partial charge in [-0.05, 0) is 78.6 Å². The van der Waals surface area contributed by atoms with Crippen molar-refractivity contribution in [2.75, 3.05) is 6.61 Å². The molecule has 1 unspecified atom stereocenters. The van der Waals surface area contributed by atoms with E-state index >= 15 is 0 Å². The Hall–Kier alpha value is -5.29. The largest absolute Gasteiger partial charge is 0.489 e. The molecule has 0 radical (unpaired) electrons. The molecule has 41 heavy (non-hydrogen) atoms. The first-order valence-electron chi connectivity index (χ1n) is 12.9. The van der Waals surface area contributed by atoms with Crippen molar-refractivity contribution < 1.29 is 28.1 Å². The van der Waals surface area contributed by atoms with Gasteiger partial charge in [0, 0.05) is 11.6 Å². The lowest BCUT2D eigenvalue weighted by atomic mass is 9.83. The summed E-state index contributed by atoms with van der Waals surface area (Å²) >= 11 is 0. The van der Waals surface area contributed by atoms with Crippen molar-refractivity contribution in [2.24, 2.45) is 5.73 Å². The van der Waals surface area contributed by atoms with Gasteiger partial charge in [-0.1, -0.05) is 36.4 Å². The highest BCUT2D eigenvalue weighted by molar-refractivity contribution is 5.74. The number of hydrogen-bond acceptors (Lipinski definition) is 7. The number of hydrogen-bond donors (Lipinski definition) is 1. The lowest BCUT2D eigenvalue weighted by molar-refractivity contribution is -0.136. The van der Waals surface area contributed by atoms with Crippen LogP contribution in [0.25, 0.3) is 0 Å². The molecular formula is C33H27FN2O5. The summed E-state index contributed by atoms with van der Waals surface area (Å²) in [6.45, 7) is 3.95. The monoisotopic (exact) mass is 550 g/mol. The van der Waals surface area contributed by atoms with E-state index in [1.165, 1.54) is 12.1 Å². The number of nitrogens with two attached hydrogens (primary N) is 1. The highest BCUT2D eigenvalue weighted by Gasteiger charge is 2.31. The third kappa shape index (κ3) is 6.31. The van der Waals surface area contributed by atoms with Crippen LogP contribution in [0.15, 0.2) is 96.4 Å². The van der Waals surface area contributed by atoms with Crippen LogP contribution in [0.1, 0.15) is 33.7 Å². The molecule has 4 aromatic carbocycles. The predicted octanol–water partition coefficient (Wildman–Crippen LogP) is 6.22. The van der Waals surface area contributed by atoms with E-state index in [4.69, 9.17) is 24.7 Å². The van der Waals surface area contributed by atoms with Gasteiger partial charge < -0.3 is 24.7 Å². The number of nitriles is 1. The van der Waals surface area contributed by atoms with E-state index in [1.807, 2.05) is 44.2 Å². The number of aryl methyl sites for hydroxylation is 2. The van der Waals surface area contributed by atoms with Gasteiger partial charge in [-0.3, -0.25) is 0 Å². The Morgan fingerprint density at radius 1 is 0.927 bits per heavy atom. The third-order valence-corrected chi connectivity index (χ3v) is 6.77. The zero-order chi connectivity index (χ0) is 28.9. The van der Waals surface area contributed by atoms with Crippen LogP contribution in [0.3, 0.4) is 0 Å². The molecule has 1 atom stereocenters. The van der Waals surface area contributed by atoms with Crippen LogP contribution in [0.4, 0.5) is 4.39 Å². The van der Waals surface area contributed by atoms with E-state index in [2.05, 4.69) is 6.07 Å². The summed E-state index contributed by atoms with van der Waals surface area (Å²) in [5, 5.41) is 9.91. The van der Waals surface area contributed by atoms with Gasteiger partial charge in [-0.25, -0.2) is 9.18 Å². The molecule has 7 nitrogen and oxygen atoms in total. The molecule has 2 N–H and O–H groups in total. The van der Waals surface area contributed by atoms with E-state index < -0.39 is 11.9 Å². The zero-order valence-electron chi connectivity index (χ0n) is 22.5. The number of nitrogens with zero attached hydrogens (tertiary/aromatic N) is 1. The maximum absolute atomic E-state index is 13.2. The van der Waals surface area contributed by atoms with Gasteiger partial charge in [0.1, 0.15) is 47.1 Å². The molecule has 0 spiro atoms. The van der Waals surface area contributed by atoms with Gasteiger partial charge in [0.25, 0.3) is 0 Å². The Kier molecular flexibility index (Phi) is 7.88. The van der Waals surface area contributed by atoms with Gasteiger partial charge in [0.15, 0.2) is 6.61 Å². The van der Waals surface area contributed by atoms with Crippen LogP contribution in [-0.2, 0) is 11.4 Å². The number of halogens is 1. The van der Waals surface area contributed by atoms with Crippen LogP contribution < -0.4 is 24.7 Å². The number of carbonyl (C=O) groups excluding carboxylic acids is 1. The molecule has 1 aliphatic rings. The van der Waals surface area contributed by atoms with E-state index in [0.717, 1.165) is 22.3 Å². The van der Waals surface area contributed by atoms with Crippen LogP contribution in [0.5, 0.6) is 23.0 Å². The van der Waals surface area contributed by atoms with Crippen molar-refractivity contribution in [3.63, 3.8) is 0 Å². The minimum atomic E-state index is -0.581. The smallest absolute Gasteiger partial charge is 0.349 e. The molecule has 0 aromatic heterocycles. The molecule has 206 valence electrons. The van der Waals surface area contributed by atoms with E-state index in [1.54, 1.807) is 42.5 Å². The number of carbonyl (C=O) groups is 1. The number of rotatable bonds is 8. The van der Waals surface area contributed by atoms with Gasteiger partial charge in [0.05, 0.1) is 5.92 Å². The molecule has 0 fully saturated rings. The van der Waals surface area contributed by atoms with Crippen LogP contribution in [-0.4, -0.2) is 12.6 Å². The predicted molar refractivity (Wildman–Crippen MR) is 150 cm³/mol. The van der Waals surface area contributed by atoms with Crippen molar-refractivity contribution in [2.45, 2.75) is 26.4 Å². The highest BCUT2D eigenvalue weighted by Crippen LogP contribution is 2.44. The summed E-state index contributed by atoms with van der Waals surface area (Å²) in [6.07, 6.45) is 0. The second kappa shape index (κ2) is 11.8. The van der Waals surface area contributed by atoms with Gasteiger partial charge in [0.2, 0.25) is 5.88 Å². The molecule has 4 aromatic rings. The fraction of sp³-hybridized carbons (Fsp3) is 0.152. The van der Waals surface area contributed by atoms with Gasteiger partial charge in [-0.2, -0.15) is 5.26 Å². The Morgan fingerprint density at radius 3 is 2.44 bits per heavy atom. The molecule has 0 saturated heterocycles. The molecule has 0 amide bonds. The number of benzene rings is 4. The number of allylic oxidation sites excluding steroid dienone is 1. The summed E-state index contributed by atoms with van der Waals surface area (Å²) in [4.78, 5) is 12.5.